The Labute approximate surface area is 70.3 Å². The van der Waals surface area contributed by atoms with Gasteiger partial charge in [-0.05, 0) is 0 Å². The van der Waals surface area contributed by atoms with Crippen molar-refractivity contribution >= 4 is 0 Å². The van der Waals surface area contributed by atoms with Gasteiger partial charge in [0, 0.05) is 32.7 Å². The van der Waals surface area contributed by atoms with E-state index in [1.165, 1.54) is 25.7 Å². The van der Waals surface area contributed by atoms with Gasteiger partial charge in [-0.3, -0.25) is 6.08 Å². The minimum atomic E-state index is 0. The van der Waals surface area contributed by atoms with Gasteiger partial charge in [0.05, 0.1) is 0 Å². The summed E-state index contributed by atoms with van der Waals surface area (Å²) >= 11 is 0. The van der Waals surface area contributed by atoms with E-state index in [-0.39, 0.29) is 32.7 Å². The Morgan fingerprint density at radius 2 is 2.14 bits per heavy atom. The first-order valence-corrected chi connectivity index (χ1v) is 2.55. The zero-order chi connectivity index (χ0) is 4.24. The van der Waals surface area contributed by atoms with Crippen LogP contribution in [0.3, 0.4) is 0 Å². The van der Waals surface area contributed by atoms with Crippen molar-refractivity contribution in [3.05, 3.63) is 12.2 Å². The third kappa shape index (κ3) is 3.43. The minimum absolute atomic E-state index is 0. The van der Waals surface area contributed by atoms with Crippen LogP contribution in [0.2, 0.25) is 0 Å². The van der Waals surface area contributed by atoms with E-state index >= 15 is 0 Å². The molecule has 0 atom stereocenters. The van der Waals surface area contributed by atoms with Crippen LogP contribution in [-0.2, 0) is 32.7 Å². The molecule has 1 aliphatic rings. The molecule has 0 heterocycles. The van der Waals surface area contributed by atoms with E-state index < -0.39 is 0 Å². The van der Waals surface area contributed by atoms with Crippen LogP contribution in [0.5, 0.6) is 0 Å². The maximum absolute atomic E-state index is 3.16. The number of allylic oxidation sites excluding steroid dienone is 2. The number of hydrogen-bond donors (Lipinski definition) is 0. The first-order chi connectivity index (χ1) is 3.00. The predicted octanol–water partition coefficient (Wildman–Crippen LogP) is 1.92. The second-order valence-electron chi connectivity index (χ2n) is 1.65. The third-order valence-corrected chi connectivity index (χ3v) is 1.06. The summed E-state index contributed by atoms with van der Waals surface area (Å²) in [7, 11) is 0. The van der Waals surface area contributed by atoms with Crippen LogP contribution in [0.4, 0.5) is 0 Å². The van der Waals surface area contributed by atoms with Crippen LogP contribution in [-0.4, -0.2) is 0 Å². The van der Waals surface area contributed by atoms with Crippen LogP contribution in [0.1, 0.15) is 25.7 Å². The fourth-order valence-corrected chi connectivity index (χ4v) is 0.678. The fraction of sp³-hybridized carbons (Fsp3) is 0.667. The molecule has 7 heavy (non-hydrogen) atoms. The van der Waals surface area contributed by atoms with Crippen LogP contribution < -0.4 is 0 Å². The summed E-state index contributed by atoms with van der Waals surface area (Å²) in [6, 6.07) is 0. The zero-order valence-electron chi connectivity index (χ0n) is 4.48. The van der Waals surface area contributed by atoms with Gasteiger partial charge in [-0.25, -0.2) is 0 Å². The molecule has 1 aliphatic carbocycles. The van der Waals surface area contributed by atoms with Gasteiger partial charge >= 0.3 is 0 Å². The Hall–Kier alpha value is 0.844. The van der Waals surface area contributed by atoms with Crippen LogP contribution in [0.15, 0.2) is 6.08 Å². The summed E-state index contributed by atoms with van der Waals surface area (Å²) in [5.74, 6) is 0. The molecule has 0 aliphatic heterocycles. The molecule has 0 amide bonds. The fourth-order valence-electron chi connectivity index (χ4n) is 0.678. The maximum atomic E-state index is 3.16. The topological polar surface area (TPSA) is 0 Å². The smallest absolute Gasteiger partial charge is 0 e. The van der Waals surface area contributed by atoms with Crippen molar-refractivity contribution in [2.75, 3.05) is 0 Å². The van der Waals surface area contributed by atoms with Gasteiger partial charge in [0.15, 0.2) is 0 Å². The Bertz CT molecular complexity index is 49.2. The van der Waals surface area contributed by atoms with Gasteiger partial charge in [-0.2, -0.15) is 6.42 Å². The van der Waals surface area contributed by atoms with Crippen molar-refractivity contribution in [1.82, 2.24) is 0 Å². The van der Waals surface area contributed by atoms with E-state index in [2.05, 4.69) is 12.2 Å². The van der Waals surface area contributed by atoms with E-state index in [1.807, 2.05) is 0 Å². The zero-order valence-corrected chi connectivity index (χ0v) is 7.32. The molecular formula is C6H9Y-. The molecule has 0 aromatic heterocycles. The SMILES string of the molecule is [C-]1=CCCCC1.[Y]. The molecule has 1 radical (unpaired) electrons. The van der Waals surface area contributed by atoms with Crippen LogP contribution >= 0.6 is 0 Å². The first kappa shape index (κ1) is 7.84. The molecule has 0 bridgehead atoms. The molecule has 0 saturated heterocycles. The molecule has 0 aromatic carbocycles. The normalized spacial score (nSPS) is 18.3. The van der Waals surface area contributed by atoms with Gasteiger partial charge in [0.1, 0.15) is 0 Å². The summed E-state index contributed by atoms with van der Waals surface area (Å²) in [6.45, 7) is 0. The van der Waals surface area contributed by atoms with Crippen molar-refractivity contribution in [2.45, 2.75) is 25.7 Å². The monoisotopic (exact) mass is 170 g/mol. The van der Waals surface area contributed by atoms with Crippen LogP contribution in [0, 0.1) is 6.08 Å². The molecule has 0 fully saturated rings. The quantitative estimate of drug-likeness (QED) is 0.487. The molecule has 0 N–H and O–H groups in total. The van der Waals surface area contributed by atoms with E-state index in [4.69, 9.17) is 0 Å². The molecule has 0 saturated carbocycles. The van der Waals surface area contributed by atoms with Crippen molar-refractivity contribution in [3.8, 4) is 0 Å². The van der Waals surface area contributed by atoms with Gasteiger partial charge in [0.25, 0.3) is 0 Å². The minimum Gasteiger partial charge on any atom is -0.501 e. The number of hydrogen-bond acceptors (Lipinski definition) is 0. The second kappa shape index (κ2) is 4.99. The molecule has 0 unspecified atom stereocenters. The number of rotatable bonds is 0. The van der Waals surface area contributed by atoms with Gasteiger partial charge in [-0.1, -0.05) is 19.3 Å². The Morgan fingerprint density at radius 3 is 2.29 bits per heavy atom. The van der Waals surface area contributed by atoms with E-state index in [1.54, 1.807) is 0 Å². The van der Waals surface area contributed by atoms with Gasteiger partial charge in [0.2, 0.25) is 0 Å². The van der Waals surface area contributed by atoms with Gasteiger partial charge < -0.3 is 6.08 Å². The second-order valence-corrected chi connectivity index (χ2v) is 1.65. The Morgan fingerprint density at radius 1 is 1.29 bits per heavy atom. The molecule has 0 spiro atoms. The van der Waals surface area contributed by atoms with E-state index in [9.17, 15) is 0 Å². The molecular weight excluding hydrogens is 161 g/mol. The summed E-state index contributed by atoms with van der Waals surface area (Å²) < 4.78 is 0. The van der Waals surface area contributed by atoms with E-state index in [0.717, 1.165) is 0 Å². The van der Waals surface area contributed by atoms with Crippen molar-refractivity contribution < 1.29 is 32.7 Å². The predicted molar refractivity (Wildman–Crippen MR) is 26.3 cm³/mol. The van der Waals surface area contributed by atoms with Gasteiger partial charge in [-0.15, -0.1) is 0 Å². The van der Waals surface area contributed by atoms with E-state index in [0.29, 0.717) is 0 Å². The molecule has 1 heteroatoms. The summed E-state index contributed by atoms with van der Waals surface area (Å²) in [5.41, 5.74) is 0. The third-order valence-electron chi connectivity index (χ3n) is 1.06. The molecule has 1 rings (SSSR count). The van der Waals surface area contributed by atoms with Crippen molar-refractivity contribution in [3.63, 3.8) is 0 Å². The average molecular weight is 170 g/mol. The molecule has 37 valence electrons. The standard InChI is InChI=1S/C6H9.Y/c1-2-4-6-5-3-1;/h1H,2,4-6H2;/q-1;. The molecule has 0 aromatic rings. The Balaban J connectivity index is 0.000000360. The Kier molecular flexibility index (Phi) is 5.59. The summed E-state index contributed by atoms with van der Waals surface area (Å²) in [5, 5.41) is 0. The summed E-state index contributed by atoms with van der Waals surface area (Å²) in [4.78, 5) is 0. The van der Waals surface area contributed by atoms with Crippen LogP contribution in [0.25, 0.3) is 0 Å². The largest absolute Gasteiger partial charge is 0.501 e. The van der Waals surface area contributed by atoms with Crippen molar-refractivity contribution in [2.24, 2.45) is 0 Å². The maximum Gasteiger partial charge on any atom is 0 e. The first-order valence-electron chi connectivity index (χ1n) is 2.55. The summed E-state index contributed by atoms with van der Waals surface area (Å²) in [6.07, 6.45) is 10.5. The molecule has 0 nitrogen and oxygen atoms in total. The average Bonchev–Trinajstić information content (AvgIpc) is 1.72. The van der Waals surface area contributed by atoms with Crippen molar-refractivity contribution in [1.29, 1.82) is 0 Å².